The highest BCUT2D eigenvalue weighted by Crippen LogP contribution is 2.34. The Hall–Kier alpha value is -0.900. The van der Waals surface area contributed by atoms with Crippen LogP contribution in [0.25, 0.3) is 0 Å². The molecule has 18 heavy (non-hydrogen) atoms. The minimum absolute atomic E-state index is 0.549. The van der Waals surface area contributed by atoms with Crippen molar-refractivity contribution in [3.8, 4) is 0 Å². The molecule has 100 valence electrons. The summed E-state index contributed by atoms with van der Waals surface area (Å²) in [6.07, 6.45) is 6.73. The predicted octanol–water partition coefficient (Wildman–Crippen LogP) is 2.41. The van der Waals surface area contributed by atoms with Crippen LogP contribution in [-0.2, 0) is 0 Å². The maximum absolute atomic E-state index is 4.50. The largest absolute Gasteiger partial charge is 0.316 e. The normalized spacial score (nSPS) is 29.9. The Labute approximate surface area is 109 Å². The van der Waals surface area contributed by atoms with Gasteiger partial charge in [0.05, 0.1) is 0 Å². The van der Waals surface area contributed by atoms with Gasteiger partial charge >= 0.3 is 0 Å². The van der Waals surface area contributed by atoms with Gasteiger partial charge < -0.3 is 9.88 Å². The molecular formula is C14H24N4. The molecule has 3 rings (SSSR count). The van der Waals surface area contributed by atoms with Crippen molar-refractivity contribution >= 4 is 0 Å². The lowest BCUT2D eigenvalue weighted by Gasteiger charge is -2.27. The van der Waals surface area contributed by atoms with Crippen LogP contribution in [0.4, 0.5) is 0 Å². The monoisotopic (exact) mass is 248 g/mol. The number of aromatic nitrogens is 3. The van der Waals surface area contributed by atoms with Gasteiger partial charge in [-0.15, -0.1) is 10.2 Å². The second kappa shape index (κ2) is 5.00. The van der Waals surface area contributed by atoms with Crippen molar-refractivity contribution in [2.45, 2.75) is 57.9 Å². The Morgan fingerprint density at radius 3 is 2.56 bits per heavy atom. The Balaban J connectivity index is 1.90. The first-order chi connectivity index (χ1) is 8.77. The zero-order chi connectivity index (χ0) is 12.5. The standard InChI is InChI=1S/C14H24N4/c1-10-8-15-9-13(10)14-17-16-11(2)18(14)12-6-4-3-5-7-12/h10,12-13,15H,3-9H2,1-2H3. The van der Waals surface area contributed by atoms with E-state index in [-0.39, 0.29) is 0 Å². The molecule has 4 nitrogen and oxygen atoms in total. The molecule has 2 heterocycles. The quantitative estimate of drug-likeness (QED) is 0.874. The number of aryl methyl sites for hydroxylation is 1. The molecule has 0 bridgehead atoms. The van der Waals surface area contributed by atoms with Gasteiger partial charge in [-0.25, -0.2) is 0 Å². The third-order valence-corrected chi connectivity index (χ3v) is 4.68. The van der Waals surface area contributed by atoms with Gasteiger partial charge in [-0.1, -0.05) is 26.2 Å². The minimum Gasteiger partial charge on any atom is -0.316 e. The van der Waals surface area contributed by atoms with Gasteiger partial charge in [0.15, 0.2) is 0 Å². The molecule has 0 radical (unpaired) electrons. The summed E-state index contributed by atoms with van der Waals surface area (Å²) >= 11 is 0. The van der Waals surface area contributed by atoms with Crippen molar-refractivity contribution < 1.29 is 0 Å². The van der Waals surface area contributed by atoms with Gasteiger partial charge in [-0.05, 0) is 32.2 Å². The molecule has 0 amide bonds. The average molecular weight is 248 g/mol. The van der Waals surface area contributed by atoms with E-state index in [2.05, 4.69) is 33.9 Å². The van der Waals surface area contributed by atoms with E-state index in [1.165, 1.54) is 37.9 Å². The van der Waals surface area contributed by atoms with Crippen LogP contribution in [0.1, 0.15) is 62.6 Å². The van der Waals surface area contributed by atoms with E-state index in [1.807, 2.05) is 0 Å². The van der Waals surface area contributed by atoms with Crippen LogP contribution in [0.15, 0.2) is 0 Å². The van der Waals surface area contributed by atoms with E-state index in [9.17, 15) is 0 Å². The lowest BCUT2D eigenvalue weighted by atomic mass is 9.93. The molecule has 2 atom stereocenters. The Morgan fingerprint density at radius 2 is 1.89 bits per heavy atom. The Kier molecular flexibility index (Phi) is 3.37. The molecule has 1 aliphatic heterocycles. The highest BCUT2D eigenvalue weighted by Gasteiger charge is 2.31. The lowest BCUT2D eigenvalue weighted by molar-refractivity contribution is 0.332. The van der Waals surface area contributed by atoms with Crippen molar-refractivity contribution in [3.05, 3.63) is 11.6 Å². The highest BCUT2D eigenvalue weighted by molar-refractivity contribution is 5.08. The maximum atomic E-state index is 4.50. The zero-order valence-electron chi connectivity index (χ0n) is 11.5. The van der Waals surface area contributed by atoms with Crippen molar-refractivity contribution in [1.82, 2.24) is 20.1 Å². The molecule has 0 spiro atoms. The molecule has 4 heteroatoms. The summed E-state index contributed by atoms with van der Waals surface area (Å²) < 4.78 is 2.45. The third kappa shape index (κ3) is 2.07. The molecule has 2 fully saturated rings. The topological polar surface area (TPSA) is 42.7 Å². The van der Waals surface area contributed by atoms with Crippen LogP contribution in [-0.4, -0.2) is 27.9 Å². The van der Waals surface area contributed by atoms with E-state index in [0.717, 1.165) is 18.9 Å². The van der Waals surface area contributed by atoms with Gasteiger partial charge in [0, 0.05) is 18.5 Å². The number of nitrogens with zero attached hydrogens (tertiary/aromatic N) is 3. The summed E-state index contributed by atoms with van der Waals surface area (Å²) in [7, 11) is 0. The molecule has 2 aliphatic rings. The Bertz CT molecular complexity index is 406. The van der Waals surface area contributed by atoms with E-state index in [0.29, 0.717) is 17.9 Å². The van der Waals surface area contributed by atoms with E-state index in [1.54, 1.807) is 0 Å². The first-order valence-electron chi connectivity index (χ1n) is 7.39. The second-order valence-electron chi connectivity index (χ2n) is 6.01. The van der Waals surface area contributed by atoms with Crippen molar-refractivity contribution in [2.24, 2.45) is 5.92 Å². The summed E-state index contributed by atoms with van der Waals surface area (Å²) in [6.45, 7) is 6.60. The van der Waals surface area contributed by atoms with Gasteiger partial charge in [-0.2, -0.15) is 0 Å². The summed E-state index contributed by atoms with van der Waals surface area (Å²) in [4.78, 5) is 0. The number of hydrogen-bond acceptors (Lipinski definition) is 3. The first-order valence-corrected chi connectivity index (χ1v) is 7.39. The molecule has 1 aliphatic carbocycles. The van der Waals surface area contributed by atoms with E-state index >= 15 is 0 Å². The minimum atomic E-state index is 0.549. The Morgan fingerprint density at radius 1 is 1.11 bits per heavy atom. The first kappa shape index (κ1) is 12.2. The van der Waals surface area contributed by atoms with Crippen LogP contribution < -0.4 is 5.32 Å². The maximum Gasteiger partial charge on any atom is 0.137 e. The van der Waals surface area contributed by atoms with Crippen LogP contribution >= 0.6 is 0 Å². The van der Waals surface area contributed by atoms with Crippen LogP contribution in [0, 0.1) is 12.8 Å². The fraction of sp³-hybridized carbons (Fsp3) is 0.857. The molecule has 1 aromatic rings. The smallest absolute Gasteiger partial charge is 0.137 e. The molecule has 1 N–H and O–H groups in total. The number of rotatable bonds is 2. The average Bonchev–Trinajstić information content (AvgIpc) is 2.96. The number of hydrogen-bond donors (Lipinski definition) is 1. The fourth-order valence-electron chi connectivity index (χ4n) is 3.58. The highest BCUT2D eigenvalue weighted by atomic mass is 15.3. The van der Waals surface area contributed by atoms with Crippen LogP contribution in [0.2, 0.25) is 0 Å². The SMILES string of the molecule is Cc1nnc(C2CNCC2C)n1C1CCCCC1. The predicted molar refractivity (Wildman–Crippen MR) is 71.7 cm³/mol. The summed E-state index contributed by atoms with van der Waals surface area (Å²) in [5.74, 6) is 3.57. The molecule has 0 aromatic carbocycles. The summed E-state index contributed by atoms with van der Waals surface area (Å²) in [6, 6.07) is 0.650. The second-order valence-corrected chi connectivity index (χ2v) is 6.01. The lowest BCUT2D eigenvalue weighted by Crippen LogP contribution is -2.21. The van der Waals surface area contributed by atoms with Gasteiger partial charge in [-0.3, -0.25) is 0 Å². The van der Waals surface area contributed by atoms with Gasteiger partial charge in [0.2, 0.25) is 0 Å². The van der Waals surface area contributed by atoms with Gasteiger partial charge in [0.25, 0.3) is 0 Å². The van der Waals surface area contributed by atoms with Crippen LogP contribution in [0.3, 0.4) is 0 Å². The van der Waals surface area contributed by atoms with Gasteiger partial charge in [0.1, 0.15) is 11.6 Å². The summed E-state index contributed by atoms with van der Waals surface area (Å²) in [5, 5.41) is 12.3. The van der Waals surface area contributed by atoms with Crippen molar-refractivity contribution in [3.63, 3.8) is 0 Å². The van der Waals surface area contributed by atoms with E-state index in [4.69, 9.17) is 0 Å². The molecule has 1 saturated carbocycles. The van der Waals surface area contributed by atoms with E-state index < -0.39 is 0 Å². The van der Waals surface area contributed by atoms with Crippen LogP contribution in [0.5, 0.6) is 0 Å². The zero-order valence-corrected chi connectivity index (χ0v) is 11.5. The molecular weight excluding hydrogens is 224 g/mol. The molecule has 1 aromatic heterocycles. The van der Waals surface area contributed by atoms with Crippen molar-refractivity contribution in [1.29, 1.82) is 0 Å². The molecule has 2 unspecified atom stereocenters. The third-order valence-electron chi connectivity index (χ3n) is 4.68. The summed E-state index contributed by atoms with van der Waals surface area (Å²) in [5.41, 5.74) is 0. The van der Waals surface area contributed by atoms with Crippen molar-refractivity contribution in [2.75, 3.05) is 13.1 Å². The number of nitrogens with one attached hydrogen (secondary N) is 1. The fourth-order valence-corrected chi connectivity index (χ4v) is 3.58. The molecule has 1 saturated heterocycles.